The minimum atomic E-state index is -0.939. The third kappa shape index (κ3) is 4.20. The van der Waals surface area contributed by atoms with Crippen molar-refractivity contribution in [2.45, 2.75) is 13.0 Å². The fraction of sp³-hybridized carbons (Fsp3) is 0.143. The minimum Gasteiger partial charge on any atom is -0.448 e. The number of halogens is 2. The Balaban J connectivity index is 1.98. The number of hydrogen-bond donors (Lipinski definition) is 1. The fourth-order valence-electron chi connectivity index (χ4n) is 1.49. The molecule has 0 aliphatic carbocycles. The van der Waals surface area contributed by atoms with E-state index >= 15 is 0 Å². The van der Waals surface area contributed by atoms with Crippen LogP contribution in [0.2, 0.25) is 10.0 Å². The van der Waals surface area contributed by atoms with Crippen LogP contribution in [0.15, 0.2) is 35.7 Å². The van der Waals surface area contributed by atoms with Gasteiger partial charge in [-0.15, -0.1) is 11.3 Å². The van der Waals surface area contributed by atoms with Gasteiger partial charge in [-0.3, -0.25) is 4.79 Å². The van der Waals surface area contributed by atoms with E-state index in [-0.39, 0.29) is 0 Å². The number of rotatable bonds is 4. The van der Waals surface area contributed by atoms with Gasteiger partial charge >= 0.3 is 5.97 Å². The summed E-state index contributed by atoms with van der Waals surface area (Å²) >= 11 is 13.0. The van der Waals surface area contributed by atoms with E-state index < -0.39 is 18.0 Å². The molecule has 4 nitrogen and oxygen atoms in total. The lowest BCUT2D eigenvalue weighted by Gasteiger charge is -2.13. The first kappa shape index (κ1) is 15.8. The molecule has 0 spiro atoms. The van der Waals surface area contributed by atoms with Crippen LogP contribution in [0.5, 0.6) is 0 Å². The van der Waals surface area contributed by atoms with E-state index in [9.17, 15) is 9.59 Å². The topological polar surface area (TPSA) is 55.4 Å². The molecule has 0 fully saturated rings. The lowest BCUT2D eigenvalue weighted by Crippen LogP contribution is -2.29. The number of benzene rings is 1. The summed E-state index contributed by atoms with van der Waals surface area (Å²) < 4.78 is 5.08. The van der Waals surface area contributed by atoms with Gasteiger partial charge in [0.25, 0.3) is 5.91 Å². The highest BCUT2D eigenvalue weighted by Crippen LogP contribution is 2.25. The normalized spacial score (nSPS) is 11.8. The van der Waals surface area contributed by atoms with Crippen molar-refractivity contribution in [3.05, 3.63) is 50.6 Å². The SMILES string of the molecule is CC(OC(=O)c1cccs1)C(=O)Nc1ccc(Cl)cc1Cl. The molecule has 1 aromatic carbocycles. The summed E-state index contributed by atoms with van der Waals surface area (Å²) in [4.78, 5) is 24.2. The van der Waals surface area contributed by atoms with Crippen LogP contribution in [-0.4, -0.2) is 18.0 Å². The Morgan fingerprint density at radius 3 is 2.67 bits per heavy atom. The quantitative estimate of drug-likeness (QED) is 0.844. The summed E-state index contributed by atoms with van der Waals surface area (Å²) in [5, 5.41) is 5.12. The van der Waals surface area contributed by atoms with Gasteiger partial charge < -0.3 is 10.1 Å². The molecule has 0 saturated carbocycles. The third-order valence-corrected chi connectivity index (χ3v) is 3.96. The van der Waals surface area contributed by atoms with E-state index in [1.54, 1.807) is 29.6 Å². The number of anilines is 1. The predicted octanol–water partition coefficient (Wildman–Crippen LogP) is 4.24. The third-order valence-electron chi connectivity index (χ3n) is 2.56. The van der Waals surface area contributed by atoms with E-state index in [0.29, 0.717) is 20.6 Å². The second-order valence-corrected chi connectivity index (χ2v) is 5.93. The molecule has 1 atom stereocenters. The molecule has 1 amide bonds. The zero-order chi connectivity index (χ0) is 15.4. The molecule has 0 aliphatic rings. The molecule has 0 bridgehead atoms. The van der Waals surface area contributed by atoms with Crippen LogP contribution in [0.4, 0.5) is 5.69 Å². The van der Waals surface area contributed by atoms with Gasteiger partial charge in [-0.25, -0.2) is 4.79 Å². The number of nitrogens with one attached hydrogen (secondary N) is 1. The van der Waals surface area contributed by atoms with Gasteiger partial charge in [-0.05, 0) is 36.6 Å². The molecule has 7 heteroatoms. The first-order valence-corrected chi connectivity index (χ1v) is 7.61. The van der Waals surface area contributed by atoms with Crippen LogP contribution in [-0.2, 0) is 9.53 Å². The summed E-state index contributed by atoms with van der Waals surface area (Å²) in [6.45, 7) is 1.49. The van der Waals surface area contributed by atoms with Gasteiger partial charge in [0.15, 0.2) is 6.10 Å². The predicted molar refractivity (Wildman–Crippen MR) is 84.3 cm³/mol. The Bertz CT molecular complexity index is 658. The van der Waals surface area contributed by atoms with Gasteiger partial charge in [0.05, 0.1) is 10.7 Å². The van der Waals surface area contributed by atoms with E-state index in [4.69, 9.17) is 27.9 Å². The molecule has 1 aromatic heterocycles. The van der Waals surface area contributed by atoms with Crippen molar-refractivity contribution in [2.24, 2.45) is 0 Å². The zero-order valence-corrected chi connectivity index (χ0v) is 13.3. The molecule has 2 aromatic rings. The molecule has 110 valence electrons. The first-order chi connectivity index (χ1) is 9.97. The molecule has 1 unspecified atom stereocenters. The van der Waals surface area contributed by atoms with Crippen molar-refractivity contribution in [1.82, 2.24) is 0 Å². The highest BCUT2D eigenvalue weighted by molar-refractivity contribution is 7.11. The minimum absolute atomic E-state index is 0.313. The smallest absolute Gasteiger partial charge is 0.349 e. The highest BCUT2D eigenvalue weighted by Gasteiger charge is 2.20. The van der Waals surface area contributed by atoms with Gasteiger partial charge in [-0.1, -0.05) is 29.3 Å². The van der Waals surface area contributed by atoms with Gasteiger partial charge in [0.1, 0.15) is 4.88 Å². The average Bonchev–Trinajstić information content (AvgIpc) is 2.95. The van der Waals surface area contributed by atoms with Crippen molar-refractivity contribution < 1.29 is 14.3 Å². The molecule has 21 heavy (non-hydrogen) atoms. The van der Waals surface area contributed by atoms with Crippen LogP contribution in [0.1, 0.15) is 16.6 Å². The number of carbonyl (C=O) groups excluding carboxylic acids is 2. The molecule has 2 rings (SSSR count). The molecule has 1 N–H and O–H groups in total. The Hall–Kier alpha value is -1.56. The van der Waals surface area contributed by atoms with Crippen molar-refractivity contribution >= 4 is 52.1 Å². The molecule has 0 aliphatic heterocycles. The fourth-order valence-corrected chi connectivity index (χ4v) is 2.55. The molecular weight excluding hydrogens is 333 g/mol. The Morgan fingerprint density at radius 1 is 1.29 bits per heavy atom. The van der Waals surface area contributed by atoms with Crippen molar-refractivity contribution in [3.8, 4) is 0 Å². The maximum atomic E-state index is 12.0. The number of hydrogen-bond acceptors (Lipinski definition) is 4. The van der Waals surface area contributed by atoms with Gasteiger partial charge in [0.2, 0.25) is 0 Å². The Morgan fingerprint density at radius 2 is 2.05 bits per heavy atom. The lowest BCUT2D eigenvalue weighted by atomic mass is 10.3. The number of carbonyl (C=O) groups is 2. The standard InChI is InChI=1S/C14H11Cl2NO3S/c1-8(20-14(19)12-3-2-6-21-12)13(18)17-11-5-4-9(15)7-10(11)16/h2-8H,1H3,(H,17,18). The Kier molecular flexibility index (Phi) is 5.22. The molecule has 0 radical (unpaired) electrons. The van der Waals surface area contributed by atoms with E-state index in [1.807, 2.05) is 0 Å². The summed E-state index contributed by atoms with van der Waals surface area (Å²) in [7, 11) is 0. The second-order valence-electron chi connectivity index (χ2n) is 4.14. The number of esters is 1. The number of thiophene rings is 1. The van der Waals surface area contributed by atoms with E-state index in [0.717, 1.165) is 0 Å². The molecular formula is C14H11Cl2NO3S. The van der Waals surface area contributed by atoms with Crippen LogP contribution < -0.4 is 5.32 Å². The highest BCUT2D eigenvalue weighted by atomic mass is 35.5. The monoisotopic (exact) mass is 343 g/mol. The van der Waals surface area contributed by atoms with E-state index in [1.165, 1.54) is 24.3 Å². The zero-order valence-electron chi connectivity index (χ0n) is 10.9. The number of amides is 1. The second kappa shape index (κ2) is 6.93. The summed E-state index contributed by atoms with van der Waals surface area (Å²) in [5.41, 5.74) is 0.407. The maximum Gasteiger partial charge on any atom is 0.349 e. The van der Waals surface area contributed by atoms with Crippen molar-refractivity contribution in [2.75, 3.05) is 5.32 Å². The first-order valence-electron chi connectivity index (χ1n) is 5.98. The number of ether oxygens (including phenoxy) is 1. The van der Waals surface area contributed by atoms with Gasteiger partial charge in [-0.2, -0.15) is 0 Å². The van der Waals surface area contributed by atoms with Crippen LogP contribution in [0, 0.1) is 0 Å². The van der Waals surface area contributed by atoms with E-state index in [2.05, 4.69) is 5.32 Å². The van der Waals surface area contributed by atoms with Crippen LogP contribution >= 0.6 is 34.5 Å². The van der Waals surface area contributed by atoms with Crippen molar-refractivity contribution in [1.29, 1.82) is 0 Å². The summed E-state index contributed by atoms with van der Waals surface area (Å²) in [5.74, 6) is -1.00. The van der Waals surface area contributed by atoms with Crippen molar-refractivity contribution in [3.63, 3.8) is 0 Å². The summed E-state index contributed by atoms with van der Waals surface area (Å²) in [6.07, 6.45) is -0.939. The largest absolute Gasteiger partial charge is 0.448 e. The average molecular weight is 344 g/mol. The Labute approximate surface area is 135 Å². The molecule has 1 heterocycles. The van der Waals surface area contributed by atoms with Gasteiger partial charge in [0, 0.05) is 5.02 Å². The maximum absolute atomic E-state index is 12.0. The summed E-state index contributed by atoms with van der Waals surface area (Å²) in [6, 6.07) is 8.07. The van der Waals surface area contributed by atoms with Crippen LogP contribution in [0.25, 0.3) is 0 Å². The molecule has 0 saturated heterocycles. The van der Waals surface area contributed by atoms with Crippen LogP contribution in [0.3, 0.4) is 0 Å². The lowest BCUT2D eigenvalue weighted by molar-refractivity contribution is -0.123.